The van der Waals surface area contributed by atoms with Crippen molar-refractivity contribution < 1.29 is 9.53 Å². The summed E-state index contributed by atoms with van der Waals surface area (Å²) in [6.45, 7) is 4.09. The van der Waals surface area contributed by atoms with Gasteiger partial charge in [-0.05, 0) is 56.3 Å². The van der Waals surface area contributed by atoms with Gasteiger partial charge in [0.1, 0.15) is 5.75 Å². The molecule has 2 rings (SSSR count). The normalized spacial score (nSPS) is 10.5. The Hall–Kier alpha value is -1.91. The van der Waals surface area contributed by atoms with Gasteiger partial charge in [-0.25, -0.2) is 0 Å². The van der Waals surface area contributed by atoms with Gasteiger partial charge < -0.3 is 15.4 Å². The van der Waals surface area contributed by atoms with E-state index >= 15 is 0 Å². The average Bonchev–Trinajstić information content (AvgIpc) is 2.50. The van der Waals surface area contributed by atoms with Crippen molar-refractivity contribution in [1.29, 1.82) is 0 Å². The van der Waals surface area contributed by atoms with Crippen LogP contribution in [0.15, 0.2) is 42.5 Å². The first-order chi connectivity index (χ1) is 10.9. The lowest BCUT2D eigenvalue weighted by molar-refractivity contribution is -0.114. The van der Waals surface area contributed by atoms with Crippen LogP contribution in [0.4, 0.5) is 11.4 Å². The van der Waals surface area contributed by atoms with Gasteiger partial charge in [-0.2, -0.15) is 0 Å². The third kappa shape index (κ3) is 5.66. The molecule has 0 atom stereocenters. The Balaban J connectivity index is 1.85. The van der Waals surface area contributed by atoms with Gasteiger partial charge in [-0.15, -0.1) is 0 Å². The molecule has 0 saturated carbocycles. The Morgan fingerprint density at radius 1 is 1.04 bits per heavy atom. The van der Waals surface area contributed by atoms with Crippen molar-refractivity contribution in [3.63, 3.8) is 0 Å². The number of benzene rings is 2. The number of amides is 1. The zero-order valence-corrected chi connectivity index (χ0v) is 14.4. The predicted octanol–water partition coefficient (Wildman–Crippen LogP) is 4.83. The summed E-state index contributed by atoms with van der Waals surface area (Å²) in [6.07, 6.45) is 0.130. The highest BCUT2D eigenvalue weighted by Crippen LogP contribution is 2.25. The molecule has 0 radical (unpaired) electrons. The number of ether oxygens (including phenoxy) is 1. The quantitative estimate of drug-likeness (QED) is 0.782. The van der Waals surface area contributed by atoms with Gasteiger partial charge in [0.25, 0.3) is 0 Å². The Kier molecular flexibility index (Phi) is 6.13. The molecule has 0 fully saturated rings. The number of carbonyl (C=O) groups is 1. The van der Waals surface area contributed by atoms with E-state index in [0.29, 0.717) is 15.7 Å². The fourth-order valence-electron chi connectivity index (χ4n) is 1.88. The van der Waals surface area contributed by atoms with Gasteiger partial charge in [0.15, 0.2) is 0 Å². The molecular weight excluding hydrogens is 335 g/mol. The zero-order valence-electron chi connectivity index (χ0n) is 12.9. The topological polar surface area (TPSA) is 50.4 Å². The summed E-state index contributed by atoms with van der Waals surface area (Å²) in [5.74, 6) is 0.622. The number of nitrogens with one attached hydrogen (secondary N) is 2. The summed E-state index contributed by atoms with van der Waals surface area (Å²) in [5.41, 5.74) is 1.44. The zero-order chi connectivity index (χ0) is 16.8. The summed E-state index contributed by atoms with van der Waals surface area (Å²) in [6, 6.07) is 12.4. The van der Waals surface area contributed by atoms with E-state index < -0.39 is 0 Å². The van der Waals surface area contributed by atoms with E-state index in [1.165, 1.54) is 0 Å². The maximum absolute atomic E-state index is 11.9. The Bertz CT molecular complexity index is 673. The molecule has 4 nitrogen and oxygen atoms in total. The van der Waals surface area contributed by atoms with Crippen molar-refractivity contribution in [2.75, 3.05) is 17.2 Å². The molecule has 0 aliphatic carbocycles. The summed E-state index contributed by atoms with van der Waals surface area (Å²) in [4.78, 5) is 11.9. The third-order valence-electron chi connectivity index (χ3n) is 2.88. The van der Waals surface area contributed by atoms with Crippen LogP contribution in [0.3, 0.4) is 0 Å². The molecule has 0 aromatic heterocycles. The van der Waals surface area contributed by atoms with Crippen LogP contribution in [-0.2, 0) is 4.79 Å². The minimum Gasteiger partial charge on any atom is -0.491 e. The molecule has 23 heavy (non-hydrogen) atoms. The first-order valence-electron chi connectivity index (χ1n) is 7.19. The number of rotatable bonds is 6. The molecule has 122 valence electrons. The lowest BCUT2D eigenvalue weighted by Crippen LogP contribution is -2.21. The lowest BCUT2D eigenvalue weighted by atomic mass is 10.3. The van der Waals surface area contributed by atoms with Gasteiger partial charge >= 0.3 is 0 Å². The Morgan fingerprint density at radius 2 is 1.70 bits per heavy atom. The van der Waals surface area contributed by atoms with Gasteiger partial charge in [0.2, 0.25) is 5.91 Å². The molecule has 6 heteroatoms. The maximum atomic E-state index is 11.9. The van der Waals surface area contributed by atoms with E-state index in [4.69, 9.17) is 27.9 Å². The Morgan fingerprint density at radius 3 is 2.30 bits per heavy atom. The van der Waals surface area contributed by atoms with Crippen LogP contribution in [0.2, 0.25) is 10.0 Å². The molecule has 0 unspecified atom stereocenters. The van der Waals surface area contributed by atoms with E-state index in [-0.39, 0.29) is 18.6 Å². The maximum Gasteiger partial charge on any atom is 0.243 e. The average molecular weight is 353 g/mol. The van der Waals surface area contributed by atoms with Crippen LogP contribution in [0, 0.1) is 0 Å². The molecule has 2 N–H and O–H groups in total. The summed E-state index contributed by atoms with van der Waals surface area (Å²) in [5, 5.41) is 6.64. The minimum absolute atomic E-state index is 0.130. The number of halogens is 2. The predicted molar refractivity (Wildman–Crippen MR) is 95.8 cm³/mol. The van der Waals surface area contributed by atoms with Gasteiger partial charge in [-0.3, -0.25) is 4.79 Å². The van der Waals surface area contributed by atoms with Gasteiger partial charge in [-0.1, -0.05) is 23.2 Å². The fourth-order valence-corrected chi connectivity index (χ4v) is 2.18. The van der Waals surface area contributed by atoms with Crippen LogP contribution in [0.5, 0.6) is 5.75 Å². The highest BCUT2D eigenvalue weighted by Gasteiger charge is 2.05. The van der Waals surface area contributed by atoms with E-state index in [1.54, 1.807) is 18.2 Å². The molecule has 0 spiro atoms. The fraction of sp³-hybridized carbons (Fsp3) is 0.235. The highest BCUT2D eigenvalue weighted by molar-refractivity contribution is 6.42. The first-order valence-corrected chi connectivity index (χ1v) is 7.95. The monoisotopic (exact) mass is 352 g/mol. The summed E-state index contributed by atoms with van der Waals surface area (Å²) in [7, 11) is 0. The summed E-state index contributed by atoms with van der Waals surface area (Å²) >= 11 is 11.7. The van der Waals surface area contributed by atoms with Crippen LogP contribution < -0.4 is 15.4 Å². The molecule has 0 heterocycles. The first kappa shape index (κ1) is 17.4. The molecule has 0 aliphatic rings. The molecule has 0 bridgehead atoms. The Labute approximate surface area is 145 Å². The molecule has 2 aromatic carbocycles. The second kappa shape index (κ2) is 8.09. The van der Waals surface area contributed by atoms with Crippen LogP contribution in [0.25, 0.3) is 0 Å². The summed E-state index contributed by atoms with van der Waals surface area (Å²) < 4.78 is 5.56. The van der Waals surface area contributed by atoms with Crippen molar-refractivity contribution in [3.05, 3.63) is 52.5 Å². The molecule has 2 aromatic rings. The smallest absolute Gasteiger partial charge is 0.243 e. The standard InChI is InChI=1S/C17H18Cl2N2O2/c1-11(2)23-14-6-3-12(4-7-14)20-10-17(22)21-13-5-8-15(18)16(19)9-13/h3-9,11,20H,10H2,1-2H3,(H,21,22). The second-order valence-corrected chi connectivity index (χ2v) is 6.04. The molecule has 0 aliphatic heterocycles. The molecule has 1 amide bonds. The van der Waals surface area contributed by atoms with Gasteiger partial charge in [0.05, 0.1) is 22.7 Å². The van der Waals surface area contributed by atoms with Crippen molar-refractivity contribution >= 4 is 40.5 Å². The van der Waals surface area contributed by atoms with Crippen LogP contribution >= 0.6 is 23.2 Å². The number of anilines is 2. The molecular formula is C17H18Cl2N2O2. The van der Waals surface area contributed by atoms with E-state index in [1.807, 2.05) is 38.1 Å². The second-order valence-electron chi connectivity index (χ2n) is 5.22. The highest BCUT2D eigenvalue weighted by atomic mass is 35.5. The number of hydrogen-bond acceptors (Lipinski definition) is 3. The van der Waals surface area contributed by atoms with Crippen molar-refractivity contribution in [1.82, 2.24) is 0 Å². The van der Waals surface area contributed by atoms with Crippen LogP contribution in [0.1, 0.15) is 13.8 Å². The minimum atomic E-state index is -0.175. The lowest BCUT2D eigenvalue weighted by Gasteiger charge is -2.11. The number of hydrogen-bond donors (Lipinski definition) is 2. The van der Waals surface area contributed by atoms with Crippen molar-refractivity contribution in [2.24, 2.45) is 0 Å². The van der Waals surface area contributed by atoms with Crippen LogP contribution in [-0.4, -0.2) is 18.6 Å². The number of carbonyl (C=O) groups excluding carboxylic acids is 1. The largest absolute Gasteiger partial charge is 0.491 e. The third-order valence-corrected chi connectivity index (χ3v) is 3.62. The van der Waals surface area contributed by atoms with E-state index in [0.717, 1.165) is 11.4 Å². The molecule has 0 saturated heterocycles. The van der Waals surface area contributed by atoms with Gasteiger partial charge in [0, 0.05) is 11.4 Å². The van der Waals surface area contributed by atoms with E-state index in [9.17, 15) is 4.79 Å². The van der Waals surface area contributed by atoms with Crippen molar-refractivity contribution in [3.8, 4) is 5.75 Å². The van der Waals surface area contributed by atoms with E-state index in [2.05, 4.69) is 10.6 Å². The SMILES string of the molecule is CC(C)Oc1ccc(NCC(=O)Nc2ccc(Cl)c(Cl)c2)cc1. The van der Waals surface area contributed by atoms with Crippen molar-refractivity contribution in [2.45, 2.75) is 20.0 Å².